The van der Waals surface area contributed by atoms with E-state index in [-0.39, 0.29) is 11.3 Å². The fraction of sp³-hybridized carbons (Fsp3) is 0.929. The van der Waals surface area contributed by atoms with Gasteiger partial charge in [0.25, 0.3) is 0 Å². The predicted molar refractivity (Wildman–Crippen MR) is 71.0 cm³/mol. The van der Waals surface area contributed by atoms with Crippen molar-refractivity contribution in [2.24, 2.45) is 11.1 Å². The molecular formula is C14H26N2O2. The first-order valence-electron chi connectivity index (χ1n) is 7.17. The molecule has 0 aromatic heterocycles. The number of carbonyl (C=O) groups excluding carboxylic acids is 1. The molecule has 0 bridgehead atoms. The summed E-state index contributed by atoms with van der Waals surface area (Å²) in [5.74, 6) is 0.181. The Kier molecular flexibility index (Phi) is 3.97. The molecule has 1 unspecified atom stereocenters. The van der Waals surface area contributed by atoms with Gasteiger partial charge in [-0.25, -0.2) is 0 Å². The number of carbonyl (C=O) groups is 1. The summed E-state index contributed by atoms with van der Waals surface area (Å²) >= 11 is 0. The van der Waals surface area contributed by atoms with Gasteiger partial charge in [-0.05, 0) is 38.1 Å². The van der Waals surface area contributed by atoms with Gasteiger partial charge in [0.05, 0.1) is 5.60 Å². The van der Waals surface area contributed by atoms with Crippen LogP contribution in [0.1, 0.15) is 51.9 Å². The number of rotatable bonds is 3. The van der Waals surface area contributed by atoms with Crippen molar-refractivity contribution in [2.45, 2.75) is 57.5 Å². The quantitative estimate of drug-likeness (QED) is 0.797. The molecule has 2 aliphatic rings. The maximum atomic E-state index is 12.3. The zero-order valence-corrected chi connectivity index (χ0v) is 11.5. The first kappa shape index (κ1) is 13.8. The van der Waals surface area contributed by atoms with E-state index in [0.29, 0.717) is 32.5 Å². The van der Waals surface area contributed by atoms with E-state index >= 15 is 0 Å². The average Bonchev–Trinajstić information content (AvgIpc) is 2.71. The molecule has 1 atom stereocenters. The van der Waals surface area contributed by atoms with Crippen LogP contribution in [0.4, 0.5) is 0 Å². The van der Waals surface area contributed by atoms with E-state index < -0.39 is 5.60 Å². The van der Waals surface area contributed by atoms with Gasteiger partial charge < -0.3 is 15.7 Å². The number of likely N-dealkylation sites (tertiary alicyclic amines) is 1. The van der Waals surface area contributed by atoms with Crippen molar-refractivity contribution in [3.63, 3.8) is 0 Å². The zero-order valence-electron chi connectivity index (χ0n) is 11.5. The van der Waals surface area contributed by atoms with E-state index in [9.17, 15) is 9.90 Å². The molecule has 104 valence electrons. The molecule has 0 radical (unpaired) electrons. The molecule has 0 aromatic carbocycles. The molecule has 1 saturated heterocycles. The molecule has 2 fully saturated rings. The molecule has 0 aromatic rings. The summed E-state index contributed by atoms with van der Waals surface area (Å²) in [5.41, 5.74) is 5.25. The molecule has 3 N–H and O–H groups in total. The lowest BCUT2D eigenvalue weighted by Crippen LogP contribution is -2.41. The number of aliphatic hydroxyl groups is 1. The molecule has 1 heterocycles. The Hall–Kier alpha value is -0.610. The van der Waals surface area contributed by atoms with Crippen LogP contribution < -0.4 is 5.73 Å². The van der Waals surface area contributed by atoms with Crippen molar-refractivity contribution in [1.29, 1.82) is 0 Å². The van der Waals surface area contributed by atoms with Crippen LogP contribution in [-0.2, 0) is 4.79 Å². The summed E-state index contributed by atoms with van der Waals surface area (Å²) in [7, 11) is 0. The lowest BCUT2D eigenvalue weighted by atomic mass is 9.71. The van der Waals surface area contributed by atoms with Crippen LogP contribution in [0.15, 0.2) is 0 Å². The monoisotopic (exact) mass is 254 g/mol. The molecule has 4 nitrogen and oxygen atoms in total. The number of β-amino-alcohol motifs (C(OH)–C–C–N with tert-alkyl or cyclic N) is 1. The second kappa shape index (κ2) is 5.17. The highest BCUT2D eigenvalue weighted by atomic mass is 16.3. The van der Waals surface area contributed by atoms with Crippen LogP contribution in [0.5, 0.6) is 0 Å². The van der Waals surface area contributed by atoms with Crippen molar-refractivity contribution < 1.29 is 9.90 Å². The highest BCUT2D eigenvalue weighted by molar-refractivity contribution is 5.77. The molecule has 0 spiro atoms. The van der Waals surface area contributed by atoms with Crippen molar-refractivity contribution in [3.05, 3.63) is 0 Å². The normalized spacial score (nSPS) is 31.6. The van der Waals surface area contributed by atoms with Crippen LogP contribution in [-0.4, -0.2) is 41.1 Å². The van der Waals surface area contributed by atoms with E-state index in [1.54, 1.807) is 6.92 Å². The Labute approximate surface area is 110 Å². The fourth-order valence-corrected chi connectivity index (χ4v) is 3.35. The Morgan fingerprint density at radius 2 is 1.94 bits per heavy atom. The fourth-order valence-electron chi connectivity index (χ4n) is 3.35. The summed E-state index contributed by atoms with van der Waals surface area (Å²) in [4.78, 5) is 14.1. The van der Waals surface area contributed by atoms with Gasteiger partial charge in [0.15, 0.2) is 0 Å². The molecule has 18 heavy (non-hydrogen) atoms. The lowest BCUT2D eigenvalue weighted by molar-refractivity contribution is -0.134. The SMILES string of the molecule is CC1(O)CCN(C(=O)CC2(CN)CCCCC2)C1. The largest absolute Gasteiger partial charge is 0.388 e. The van der Waals surface area contributed by atoms with Gasteiger partial charge in [0.2, 0.25) is 5.91 Å². The van der Waals surface area contributed by atoms with Crippen LogP contribution >= 0.6 is 0 Å². The summed E-state index contributed by atoms with van der Waals surface area (Å²) in [5, 5.41) is 9.92. The smallest absolute Gasteiger partial charge is 0.223 e. The number of hydrogen-bond acceptors (Lipinski definition) is 3. The second-order valence-corrected chi connectivity index (χ2v) is 6.50. The third-order valence-corrected chi connectivity index (χ3v) is 4.68. The molecule has 1 aliphatic carbocycles. The summed E-state index contributed by atoms with van der Waals surface area (Å²) in [6.07, 6.45) is 7.09. The zero-order chi connectivity index (χ0) is 13.2. The van der Waals surface area contributed by atoms with Crippen molar-refractivity contribution in [1.82, 2.24) is 4.90 Å². The Bertz CT molecular complexity index is 309. The number of nitrogens with two attached hydrogens (primary N) is 1. The van der Waals surface area contributed by atoms with Crippen LogP contribution in [0.25, 0.3) is 0 Å². The Morgan fingerprint density at radius 1 is 1.28 bits per heavy atom. The number of nitrogens with zero attached hydrogens (tertiary/aromatic N) is 1. The first-order chi connectivity index (χ1) is 8.46. The first-order valence-corrected chi connectivity index (χ1v) is 7.17. The van der Waals surface area contributed by atoms with Gasteiger partial charge in [0.1, 0.15) is 0 Å². The van der Waals surface area contributed by atoms with Gasteiger partial charge >= 0.3 is 0 Å². The second-order valence-electron chi connectivity index (χ2n) is 6.50. The third kappa shape index (κ3) is 3.04. The van der Waals surface area contributed by atoms with Gasteiger partial charge in [-0.1, -0.05) is 19.3 Å². The highest BCUT2D eigenvalue weighted by Crippen LogP contribution is 2.39. The Morgan fingerprint density at radius 3 is 2.44 bits per heavy atom. The summed E-state index contributed by atoms with van der Waals surface area (Å²) < 4.78 is 0. The predicted octanol–water partition coefficient (Wildman–Crippen LogP) is 1.27. The molecule has 4 heteroatoms. The highest BCUT2D eigenvalue weighted by Gasteiger charge is 2.38. The molecule has 1 amide bonds. The van der Waals surface area contributed by atoms with E-state index in [0.717, 1.165) is 12.8 Å². The molecule has 2 rings (SSSR count). The van der Waals surface area contributed by atoms with Crippen LogP contribution in [0.2, 0.25) is 0 Å². The van der Waals surface area contributed by atoms with E-state index in [1.807, 2.05) is 4.90 Å². The lowest BCUT2D eigenvalue weighted by Gasteiger charge is -2.36. The van der Waals surface area contributed by atoms with E-state index in [1.165, 1.54) is 19.3 Å². The topological polar surface area (TPSA) is 66.6 Å². The Balaban J connectivity index is 1.93. The summed E-state index contributed by atoms with van der Waals surface area (Å²) in [6, 6.07) is 0. The van der Waals surface area contributed by atoms with Gasteiger partial charge in [-0.3, -0.25) is 4.79 Å². The minimum absolute atomic E-state index is 0.0315. The number of hydrogen-bond donors (Lipinski definition) is 2. The molecule has 1 saturated carbocycles. The molecule has 1 aliphatic heterocycles. The van der Waals surface area contributed by atoms with Gasteiger partial charge in [-0.15, -0.1) is 0 Å². The van der Waals surface area contributed by atoms with Gasteiger partial charge in [0, 0.05) is 19.5 Å². The van der Waals surface area contributed by atoms with E-state index in [4.69, 9.17) is 5.73 Å². The van der Waals surface area contributed by atoms with Crippen molar-refractivity contribution >= 4 is 5.91 Å². The van der Waals surface area contributed by atoms with Crippen molar-refractivity contribution in [3.8, 4) is 0 Å². The van der Waals surface area contributed by atoms with Gasteiger partial charge in [-0.2, -0.15) is 0 Å². The molecular weight excluding hydrogens is 228 g/mol. The minimum Gasteiger partial charge on any atom is -0.388 e. The van der Waals surface area contributed by atoms with Crippen molar-refractivity contribution in [2.75, 3.05) is 19.6 Å². The maximum absolute atomic E-state index is 12.3. The average molecular weight is 254 g/mol. The third-order valence-electron chi connectivity index (χ3n) is 4.68. The number of amides is 1. The van der Waals surface area contributed by atoms with Crippen LogP contribution in [0, 0.1) is 5.41 Å². The standard InChI is InChI=1S/C14H26N2O2/c1-13(18)7-8-16(11-13)12(17)9-14(10-15)5-3-2-4-6-14/h18H,2-11,15H2,1H3. The summed E-state index contributed by atoms with van der Waals surface area (Å²) in [6.45, 7) is 3.58. The van der Waals surface area contributed by atoms with E-state index in [2.05, 4.69) is 0 Å². The maximum Gasteiger partial charge on any atom is 0.223 e. The minimum atomic E-state index is -0.696. The van der Waals surface area contributed by atoms with Crippen LogP contribution in [0.3, 0.4) is 0 Å².